The fourth-order valence-electron chi connectivity index (χ4n) is 2.68. The summed E-state index contributed by atoms with van der Waals surface area (Å²) in [5.74, 6) is -2.94. The van der Waals surface area contributed by atoms with Crippen LogP contribution in [0.25, 0.3) is 0 Å². The Labute approximate surface area is 212 Å². The molecule has 0 fully saturated rings. The molecular formula is C22H25ClN4O8S. The maximum absolute atomic E-state index is 12.7. The number of benzene rings is 1. The van der Waals surface area contributed by atoms with Crippen molar-refractivity contribution < 1.29 is 37.1 Å². The van der Waals surface area contributed by atoms with Gasteiger partial charge in [-0.1, -0.05) is 11.6 Å². The van der Waals surface area contributed by atoms with Gasteiger partial charge in [-0.3, -0.25) is 24.2 Å². The maximum atomic E-state index is 12.7. The topological polar surface area (TPSA) is 170 Å². The Bertz CT molecular complexity index is 1220. The number of hydrogen-bond donors (Lipinski definition) is 3. The molecule has 0 spiro atoms. The zero-order valence-electron chi connectivity index (χ0n) is 19.5. The Hall–Kier alpha value is -3.55. The number of aromatic nitrogens is 1. The molecule has 0 aliphatic carbocycles. The zero-order chi connectivity index (χ0) is 26.7. The van der Waals surface area contributed by atoms with E-state index in [1.54, 1.807) is 0 Å². The second kappa shape index (κ2) is 13.5. The molecule has 0 aliphatic heterocycles. The van der Waals surface area contributed by atoms with E-state index in [2.05, 4.69) is 20.4 Å². The first-order valence-corrected chi connectivity index (χ1v) is 12.5. The number of hydrogen-bond acceptors (Lipinski definition) is 9. The van der Waals surface area contributed by atoms with Gasteiger partial charge in [-0.25, -0.2) is 13.1 Å². The molecule has 0 saturated heterocycles. The summed E-state index contributed by atoms with van der Waals surface area (Å²) in [6.45, 7) is 2.79. The Morgan fingerprint density at radius 2 is 1.78 bits per heavy atom. The van der Waals surface area contributed by atoms with Crippen LogP contribution in [-0.4, -0.2) is 70.5 Å². The lowest BCUT2D eigenvalue weighted by molar-refractivity contribution is -0.139. The summed E-state index contributed by atoms with van der Waals surface area (Å²) in [4.78, 5) is 51.4. The number of rotatable bonds is 12. The molecule has 0 saturated carbocycles. The quantitative estimate of drug-likeness (QED) is 0.261. The van der Waals surface area contributed by atoms with Crippen LogP contribution < -0.4 is 15.4 Å². The minimum absolute atomic E-state index is 0.0350. The van der Waals surface area contributed by atoms with Crippen molar-refractivity contribution in [3.8, 4) is 0 Å². The van der Waals surface area contributed by atoms with E-state index >= 15 is 0 Å². The van der Waals surface area contributed by atoms with Crippen LogP contribution in [0.1, 0.15) is 44.5 Å². The van der Waals surface area contributed by atoms with Gasteiger partial charge in [0.25, 0.3) is 27.7 Å². The van der Waals surface area contributed by atoms with E-state index in [0.29, 0.717) is 26.2 Å². The largest absolute Gasteiger partial charge is 0.468 e. The summed E-state index contributed by atoms with van der Waals surface area (Å²) >= 11 is 6.06. The van der Waals surface area contributed by atoms with Crippen LogP contribution in [-0.2, 0) is 24.3 Å². The van der Waals surface area contributed by atoms with Crippen molar-refractivity contribution in [2.75, 3.05) is 33.4 Å². The predicted molar refractivity (Wildman–Crippen MR) is 128 cm³/mol. The molecule has 0 bridgehead atoms. The third-order valence-electron chi connectivity index (χ3n) is 4.55. The van der Waals surface area contributed by atoms with E-state index < -0.39 is 33.7 Å². The molecule has 36 heavy (non-hydrogen) atoms. The summed E-state index contributed by atoms with van der Waals surface area (Å²) < 4.78 is 36.9. The zero-order valence-corrected chi connectivity index (χ0v) is 21.1. The summed E-state index contributed by atoms with van der Waals surface area (Å²) in [6.07, 6.45) is 1.56. The van der Waals surface area contributed by atoms with Gasteiger partial charge in [0, 0.05) is 26.0 Å². The number of ether oxygens (including phenoxy) is 2. The number of carbonyl (C=O) groups is 4. The lowest BCUT2D eigenvalue weighted by Crippen LogP contribution is -2.32. The van der Waals surface area contributed by atoms with E-state index in [1.165, 1.54) is 25.3 Å². The van der Waals surface area contributed by atoms with Gasteiger partial charge in [-0.15, -0.1) is 0 Å². The third kappa shape index (κ3) is 8.29. The van der Waals surface area contributed by atoms with Crippen LogP contribution in [0.3, 0.4) is 0 Å². The number of halogens is 1. The van der Waals surface area contributed by atoms with E-state index in [0.717, 1.165) is 18.3 Å². The van der Waals surface area contributed by atoms with Crippen LogP contribution in [0.2, 0.25) is 5.02 Å². The average Bonchev–Trinajstić information content (AvgIpc) is 2.86. The van der Waals surface area contributed by atoms with Crippen molar-refractivity contribution in [2.24, 2.45) is 0 Å². The average molecular weight is 541 g/mol. The van der Waals surface area contributed by atoms with Crippen molar-refractivity contribution in [3.63, 3.8) is 0 Å². The Kier molecular flexibility index (Phi) is 10.8. The molecule has 0 unspecified atom stereocenters. The monoisotopic (exact) mass is 540 g/mol. The highest BCUT2D eigenvalue weighted by atomic mass is 35.5. The van der Waals surface area contributed by atoms with Crippen molar-refractivity contribution in [3.05, 3.63) is 58.4 Å². The van der Waals surface area contributed by atoms with Gasteiger partial charge in [0.05, 0.1) is 28.2 Å². The highest BCUT2D eigenvalue weighted by molar-refractivity contribution is 7.90. The van der Waals surface area contributed by atoms with Crippen molar-refractivity contribution in [1.29, 1.82) is 0 Å². The molecular weight excluding hydrogens is 516 g/mol. The first kappa shape index (κ1) is 28.7. The van der Waals surface area contributed by atoms with Crippen LogP contribution in [0.15, 0.2) is 41.4 Å². The molecule has 1 aromatic heterocycles. The van der Waals surface area contributed by atoms with Crippen molar-refractivity contribution >= 4 is 45.3 Å². The van der Waals surface area contributed by atoms with Crippen LogP contribution in [0.4, 0.5) is 0 Å². The Morgan fingerprint density at radius 1 is 1.03 bits per heavy atom. The molecule has 0 radical (unpaired) electrons. The van der Waals surface area contributed by atoms with Gasteiger partial charge in [0.1, 0.15) is 12.2 Å². The fourth-order valence-corrected chi connectivity index (χ4v) is 3.88. The van der Waals surface area contributed by atoms with E-state index in [9.17, 15) is 27.6 Å². The standard InChI is InChI=1S/C22H25ClN4O8S/c1-3-35-10-4-9-24-21(30)16-11-15(6-7-17(16)23)36(32,33)27-20(29)14-5-8-18(25-12-14)22(31)26-13-19(28)34-2/h5-8,11-12H,3-4,9-10,13H2,1-2H3,(H,24,30)(H,26,31)(H,27,29). The first-order chi connectivity index (χ1) is 17.1. The van der Waals surface area contributed by atoms with Gasteiger partial charge in [-0.05, 0) is 43.7 Å². The summed E-state index contributed by atoms with van der Waals surface area (Å²) in [5, 5.41) is 4.94. The van der Waals surface area contributed by atoms with Gasteiger partial charge in [-0.2, -0.15) is 0 Å². The van der Waals surface area contributed by atoms with Crippen LogP contribution in [0, 0.1) is 0 Å². The SMILES string of the molecule is CCOCCCNC(=O)c1cc(S(=O)(=O)NC(=O)c2ccc(C(=O)NCC(=O)OC)nc2)ccc1Cl. The lowest BCUT2D eigenvalue weighted by atomic mass is 10.2. The van der Waals surface area contributed by atoms with Gasteiger partial charge in [0.15, 0.2) is 0 Å². The summed E-state index contributed by atoms with van der Waals surface area (Å²) in [7, 11) is -3.21. The van der Waals surface area contributed by atoms with E-state index in [-0.39, 0.29) is 33.3 Å². The molecule has 0 aliphatic rings. The first-order valence-electron chi connectivity index (χ1n) is 10.6. The molecule has 1 aromatic carbocycles. The maximum Gasteiger partial charge on any atom is 0.325 e. The van der Waals surface area contributed by atoms with Crippen molar-refractivity contribution in [2.45, 2.75) is 18.2 Å². The molecule has 194 valence electrons. The van der Waals surface area contributed by atoms with Gasteiger partial charge < -0.3 is 20.1 Å². The summed E-state index contributed by atoms with van der Waals surface area (Å²) in [6, 6.07) is 5.82. The van der Waals surface area contributed by atoms with E-state index in [1.807, 2.05) is 11.6 Å². The van der Waals surface area contributed by atoms with Gasteiger partial charge >= 0.3 is 5.97 Å². The van der Waals surface area contributed by atoms with Gasteiger partial charge in [0.2, 0.25) is 0 Å². The highest BCUT2D eigenvalue weighted by Crippen LogP contribution is 2.21. The molecule has 0 atom stereocenters. The van der Waals surface area contributed by atoms with Crippen molar-refractivity contribution in [1.82, 2.24) is 20.3 Å². The fraction of sp³-hybridized carbons (Fsp3) is 0.318. The minimum atomic E-state index is -4.38. The molecule has 2 aromatic rings. The minimum Gasteiger partial charge on any atom is -0.468 e. The molecule has 2 rings (SSSR count). The molecule has 3 N–H and O–H groups in total. The third-order valence-corrected chi connectivity index (χ3v) is 6.21. The summed E-state index contributed by atoms with van der Waals surface area (Å²) in [5.41, 5.74) is -0.329. The second-order valence-corrected chi connectivity index (χ2v) is 9.16. The number of amides is 3. The Balaban J connectivity index is 2.07. The molecule has 14 heteroatoms. The number of sulfonamides is 1. The van der Waals surface area contributed by atoms with Crippen LogP contribution >= 0.6 is 11.6 Å². The molecule has 12 nitrogen and oxygen atoms in total. The highest BCUT2D eigenvalue weighted by Gasteiger charge is 2.22. The second-order valence-electron chi connectivity index (χ2n) is 7.07. The predicted octanol–water partition coefficient (Wildman–Crippen LogP) is 0.913. The number of carbonyl (C=O) groups excluding carboxylic acids is 4. The Morgan fingerprint density at radius 3 is 2.42 bits per heavy atom. The number of pyridine rings is 1. The normalized spacial score (nSPS) is 10.9. The lowest BCUT2D eigenvalue weighted by Gasteiger charge is -2.11. The smallest absolute Gasteiger partial charge is 0.325 e. The number of methoxy groups -OCH3 is 1. The molecule has 1 heterocycles. The van der Waals surface area contributed by atoms with E-state index in [4.69, 9.17) is 16.3 Å². The van der Waals surface area contributed by atoms with Crippen LogP contribution in [0.5, 0.6) is 0 Å². The number of esters is 1. The number of nitrogens with one attached hydrogen (secondary N) is 3. The molecule has 3 amide bonds. The number of nitrogens with zero attached hydrogens (tertiary/aromatic N) is 1.